The molecular weight excluding hydrogens is 286 g/mol. The van der Waals surface area contributed by atoms with Crippen LogP contribution < -0.4 is 5.32 Å². The number of rotatable bonds is 3. The molecule has 0 saturated carbocycles. The quantitative estimate of drug-likeness (QED) is 0.525. The number of fused-ring (bicyclic) bond motifs is 1. The van der Waals surface area contributed by atoms with Gasteiger partial charge in [0.1, 0.15) is 0 Å². The molecule has 1 aromatic rings. The third-order valence-corrected chi connectivity index (χ3v) is 3.15. The molecule has 0 spiro atoms. The molecule has 0 aliphatic carbocycles. The van der Waals surface area contributed by atoms with E-state index in [9.17, 15) is 14.4 Å². The van der Waals surface area contributed by atoms with Crippen molar-refractivity contribution in [2.45, 2.75) is 12.8 Å². The SMILES string of the molecule is O=C1CCc2cc(C(=O)C(=O)CBr)ccc2N1. The summed E-state index contributed by atoms with van der Waals surface area (Å²) in [7, 11) is 0. The van der Waals surface area contributed by atoms with E-state index in [1.54, 1.807) is 18.2 Å². The highest BCUT2D eigenvalue weighted by Gasteiger charge is 2.19. The standard InChI is InChI=1S/C12H10BrNO3/c13-6-10(15)12(17)8-1-3-9-7(5-8)2-4-11(16)14-9/h1,3,5H,2,4,6H2,(H,14,16). The van der Waals surface area contributed by atoms with E-state index in [-0.39, 0.29) is 11.2 Å². The zero-order valence-corrected chi connectivity index (χ0v) is 10.5. The maximum Gasteiger partial charge on any atom is 0.229 e. The van der Waals surface area contributed by atoms with Crippen LogP contribution in [0.3, 0.4) is 0 Å². The number of amides is 1. The van der Waals surface area contributed by atoms with Crippen molar-refractivity contribution in [2.24, 2.45) is 0 Å². The first kappa shape index (κ1) is 12.0. The molecule has 0 aromatic heterocycles. The summed E-state index contributed by atoms with van der Waals surface area (Å²) >= 11 is 2.97. The molecule has 1 aliphatic rings. The maximum atomic E-state index is 11.7. The fraction of sp³-hybridized carbons (Fsp3) is 0.250. The number of aryl methyl sites for hydroxylation is 1. The summed E-state index contributed by atoms with van der Waals surface area (Å²) in [5.41, 5.74) is 2.01. The van der Waals surface area contributed by atoms with E-state index in [4.69, 9.17) is 0 Å². The van der Waals surface area contributed by atoms with Crippen molar-refractivity contribution in [3.63, 3.8) is 0 Å². The predicted octanol–water partition coefficient (Wildman–Crippen LogP) is 1.72. The Morgan fingerprint density at radius 2 is 2.06 bits per heavy atom. The molecule has 0 radical (unpaired) electrons. The van der Waals surface area contributed by atoms with Gasteiger partial charge in [-0.25, -0.2) is 0 Å². The minimum Gasteiger partial charge on any atom is -0.326 e. The van der Waals surface area contributed by atoms with Gasteiger partial charge in [-0.3, -0.25) is 14.4 Å². The second kappa shape index (κ2) is 4.79. The second-order valence-electron chi connectivity index (χ2n) is 3.81. The van der Waals surface area contributed by atoms with Crippen molar-refractivity contribution in [1.82, 2.24) is 0 Å². The van der Waals surface area contributed by atoms with Gasteiger partial charge in [-0.2, -0.15) is 0 Å². The van der Waals surface area contributed by atoms with Crippen LogP contribution >= 0.6 is 15.9 Å². The smallest absolute Gasteiger partial charge is 0.229 e. The number of anilines is 1. The van der Waals surface area contributed by atoms with Gasteiger partial charge in [0.05, 0.1) is 5.33 Å². The Morgan fingerprint density at radius 3 is 2.76 bits per heavy atom. The molecule has 4 nitrogen and oxygen atoms in total. The fourth-order valence-electron chi connectivity index (χ4n) is 1.75. The van der Waals surface area contributed by atoms with Crippen LogP contribution in [0.2, 0.25) is 0 Å². The van der Waals surface area contributed by atoms with Gasteiger partial charge in [0.15, 0.2) is 0 Å². The van der Waals surface area contributed by atoms with Crippen molar-refractivity contribution < 1.29 is 14.4 Å². The van der Waals surface area contributed by atoms with E-state index >= 15 is 0 Å². The minimum atomic E-state index is -0.499. The number of ketones is 2. The Kier molecular flexibility index (Phi) is 3.38. The second-order valence-corrected chi connectivity index (χ2v) is 4.37. The third-order valence-electron chi connectivity index (χ3n) is 2.64. The molecule has 1 N–H and O–H groups in total. The fourth-order valence-corrected chi connectivity index (χ4v) is 2.00. The highest BCUT2D eigenvalue weighted by atomic mass is 79.9. The molecule has 0 fully saturated rings. The Bertz CT molecular complexity index is 510. The van der Waals surface area contributed by atoms with E-state index in [1.165, 1.54) is 0 Å². The van der Waals surface area contributed by atoms with Gasteiger partial charge in [-0.1, -0.05) is 15.9 Å². The zero-order chi connectivity index (χ0) is 12.4. The van der Waals surface area contributed by atoms with E-state index in [0.717, 1.165) is 11.3 Å². The molecule has 0 bridgehead atoms. The summed E-state index contributed by atoms with van der Waals surface area (Å²) in [4.78, 5) is 34.1. The number of benzene rings is 1. The largest absolute Gasteiger partial charge is 0.326 e. The van der Waals surface area contributed by atoms with E-state index in [0.29, 0.717) is 18.4 Å². The summed E-state index contributed by atoms with van der Waals surface area (Å²) in [6.45, 7) is 0. The minimum absolute atomic E-state index is 0.0203. The Labute approximate surface area is 107 Å². The monoisotopic (exact) mass is 295 g/mol. The lowest BCUT2D eigenvalue weighted by molar-refractivity contribution is -0.116. The summed E-state index contributed by atoms with van der Waals surface area (Å²) in [6, 6.07) is 4.91. The number of carbonyl (C=O) groups is 3. The van der Waals surface area contributed by atoms with Crippen LogP contribution in [0, 0.1) is 0 Å². The van der Waals surface area contributed by atoms with Crippen LogP contribution in [0.1, 0.15) is 22.3 Å². The first-order valence-corrected chi connectivity index (χ1v) is 6.30. The summed E-state index contributed by atoms with van der Waals surface area (Å²) < 4.78 is 0. The van der Waals surface area contributed by atoms with Gasteiger partial charge in [0.2, 0.25) is 17.5 Å². The van der Waals surface area contributed by atoms with Crippen molar-refractivity contribution in [3.8, 4) is 0 Å². The maximum absolute atomic E-state index is 11.7. The number of carbonyl (C=O) groups excluding carboxylic acids is 3. The van der Waals surface area contributed by atoms with Crippen molar-refractivity contribution in [2.75, 3.05) is 10.6 Å². The molecule has 88 valence electrons. The van der Waals surface area contributed by atoms with Gasteiger partial charge in [-0.05, 0) is 30.2 Å². The average Bonchev–Trinajstić information content (AvgIpc) is 2.36. The molecule has 1 heterocycles. The van der Waals surface area contributed by atoms with Crippen molar-refractivity contribution in [3.05, 3.63) is 29.3 Å². The Hall–Kier alpha value is -1.49. The zero-order valence-electron chi connectivity index (χ0n) is 8.96. The van der Waals surface area contributed by atoms with Gasteiger partial charge in [0, 0.05) is 17.7 Å². The summed E-state index contributed by atoms with van der Waals surface area (Å²) in [5.74, 6) is -0.987. The van der Waals surface area contributed by atoms with Crippen molar-refractivity contribution >= 4 is 39.1 Å². The van der Waals surface area contributed by atoms with E-state index in [2.05, 4.69) is 21.2 Å². The predicted molar refractivity (Wildman–Crippen MR) is 66.5 cm³/mol. The molecule has 5 heteroatoms. The first-order chi connectivity index (χ1) is 8.11. The summed E-state index contributed by atoms with van der Waals surface area (Å²) in [6.07, 6.45) is 1.02. The van der Waals surface area contributed by atoms with Gasteiger partial charge < -0.3 is 5.32 Å². The highest BCUT2D eigenvalue weighted by molar-refractivity contribution is 9.09. The Balaban J connectivity index is 2.31. The molecule has 0 unspecified atom stereocenters. The van der Waals surface area contributed by atoms with Crippen molar-refractivity contribution in [1.29, 1.82) is 0 Å². The molecule has 1 amide bonds. The van der Waals surface area contributed by atoms with E-state index in [1.807, 2.05) is 0 Å². The lowest BCUT2D eigenvalue weighted by atomic mass is 9.98. The number of alkyl halides is 1. The number of Topliss-reactive ketones (excluding diaryl/α,β-unsaturated/α-hetero) is 2. The lowest BCUT2D eigenvalue weighted by Gasteiger charge is -2.17. The average molecular weight is 296 g/mol. The van der Waals surface area contributed by atoms with Crippen LogP contribution in [0.25, 0.3) is 0 Å². The third kappa shape index (κ3) is 2.44. The lowest BCUT2D eigenvalue weighted by Crippen LogP contribution is -2.20. The molecule has 1 aromatic carbocycles. The highest BCUT2D eigenvalue weighted by Crippen LogP contribution is 2.23. The summed E-state index contributed by atoms with van der Waals surface area (Å²) in [5, 5.41) is 2.75. The molecule has 0 atom stereocenters. The molecule has 2 rings (SSSR count). The van der Waals surface area contributed by atoms with Crippen LogP contribution in [0.15, 0.2) is 18.2 Å². The number of hydrogen-bond donors (Lipinski definition) is 1. The van der Waals surface area contributed by atoms with Gasteiger partial charge >= 0.3 is 0 Å². The number of nitrogens with one attached hydrogen (secondary N) is 1. The first-order valence-electron chi connectivity index (χ1n) is 5.18. The number of halogens is 1. The number of hydrogen-bond acceptors (Lipinski definition) is 3. The van der Waals surface area contributed by atoms with Crippen LogP contribution in [0.4, 0.5) is 5.69 Å². The van der Waals surface area contributed by atoms with Crippen LogP contribution in [0.5, 0.6) is 0 Å². The van der Waals surface area contributed by atoms with E-state index < -0.39 is 11.6 Å². The topological polar surface area (TPSA) is 63.2 Å². The molecule has 17 heavy (non-hydrogen) atoms. The van der Waals surface area contributed by atoms with Crippen LogP contribution in [-0.2, 0) is 16.0 Å². The molecule has 1 aliphatic heterocycles. The van der Waals surface area contributed by atoms with Gasteiger partial charge in [-0.15, -0.1) is 0 Å². The normalized spacial score (nSPS) is 13.8. The van der Waals surface area contributed by atoms with Gasteiger partial charge in [0.25, 0.3) is 0 Å². The van der Waals surface area contributed by atoms with Crippen LogP contribution in [-0.4, -0.2) is 22.8 Å². The molecular formula is C12H10BrNO3. The molecule has 0 saturated heterocycles. The Morgan fingerprint density at radius 1 is 1.29 bits per heavy atom.